The average molecular weight is 285 g/mol. The van der Waals surface area contributed by atoms with Crippen molar-refractivity contribution in [3.63, 3.8) is 0 Å². The number of benzene rings is 1. The smallest absolute Gasteiger partial charge is 0.241 e. The van der Waals surface area contributed by atoms with Crippen LogP contribution in [0.3, 0.4) is 0 Å². The SMILES string of the molecule is Cc1cccc(F)c1Nc1nc(N)nc(-n2ccnc2)n1. The highest BCUT2D eigenvalue weighted by Gasteiger charge is 2.10. The zero-order valence-corrected chi connectivity index (χ0v) is 11.2. The summed E-state index contributed by atoms with van der Waals surface area (Å²) in [5.41, 5.74) is 6.71. The molecule has 2 heterocycles. The summed E-state index contributed by atoms with van der Waals surface area (Å²) in [6.07, 6.45) is 4.80. The standard InChI is InChI=1S/C13H12FN7/c1-8-3-2-4-9(14)10(8)17-12-18-11(15)19-13(20-12)21-6-5-16-7-21/h2-7H,1H3,(H3,15,17,18,19,20). The van der Waals surface area contributed by atoms with Gasteiger partial charge in [-0.15, -0.1) is 0 Å². The van der Waals surface area contributed by atoms with Crippen LogP contribution in [0.4, 0.5) is 22.0 Å². The van der Waals surface area contributed by atoms with Gasteiger partial charge >= 0.3 is 0 Å². The number of anilines is 3. The highest BCUT2D eigenvalue weighted by atomic mass is 19.1. The molecule has 0 bridgehead atoms. The minimum atomic E-state index is -0.391. The van der Waals surface area contributed by atoms with Gasteiger partial charge in [0.15, 0.2) is 0 Å². The van der Waals surface area contributed by atoms with Gasteiger partial charge in [-0.3, -0.25) is 4.57 Å². The largest absolute Gasteiger partial charge is 0.368 e. The quantitative estimate of drug-likeness (QED) is 0.762. The molecule has 0 spiro atoms. The van der Waals surface area contributed by atoms with Gasteiger partial charge in [0.2, 0.25) is 17.8 Å². The number of hydrogen-bond acceptors (Lipinski definition) is 6. The molecule has 8 heteroatoms. The van der Waals surface area contributed by atoms with Crippen LogP contribution in [-0.2, 0) is 0 Å². The number of aromatic nitrogens is 5. The Bertz CT molecular complexity index is 750. The summed E-state index contributed by atoms with van der Waals surface area (Å²) in [5.74, 6) is 0.110. The first-order valence-electron chi connectivity index (χ1n) is 6.15. The van der Waals surface area contributed by atoms with Gasteiger partial charge in [0.1, 0.15) is 12.1 Å². The number of para-hydroxylation sites is 1. The van der Waals surface area contributed by atoms with Crippen LogP contribution in [0.15, 0.2) is 36.9 Å². The van der Waals surface area contributed by atoms with Gasteiger partial charge in [-0.25, -0.2) is 9.37 Å². The van der Waals surface area contributed by atoms with Crippen molar-refractivity contribution in [1.29, 1.82) is 0 Å². The molecule has 7 nitrogen and oxygen atoms in total. The zero-order chi connectivity index (χ0) is 14.8. The second kappa shape index (κ2) is 5.16. The van der Waals surface area contributed by atoms with E-state index in [2.05, 4.69) is 25.3 Å². The molecule has 106 valence electrons. The third-order valence-corrected chi connectivity index (χ3v) is 2.83. The van der Waals surface area contributed by atoms with E-state index in [0.717, 1.165) is 5.56 Å². The summed E-state index contributed by atoms with van der Waals surface area (Å²) >= 11 is 0. The van der Waals surface area contributed by atoms with Crippen molar-refractivity contribution in [1.82, 2.24) is 24.5 Å². The van der Waals surface area contributed by atoms with Crippen LogP contribution >= 0.6 is 0 Å². The Labute approximate surface area is 119 Å². The van der Waals surface area contributed by atoms with E-state index in [9.17, 15) is 4.39 Å². The lowest BCUT2D eigenvalue weighted by Gasteiger charge is -2.10. The molecule has 0 amide bonds. The first-order valence-corrected chi connectivity index (χ1v) is 6.15. The summed E-state index contributed by atoms with van der Waals surface area (Å²) < 4.78 is 15.4. The monoisotopic (exact) mass is 285 g/mol. The topological polar surface area (TPSA) is 94.5 Å². The van der Waals surface area contributed by atoms with E-state index in [1.165, 1.54) is 12.4 Å². The van der Waals surface area contributed by atoms with E-state index in [4.69, 9.17) is 5.73 Å². The van der Waals surface area contributed by atoms with Crippen LogP contribution in [-0.4, -0.2) is 24.5 Å². The maximum Gasteiger partial charge on any atom is 0.241 e. The van der Waals surface area contributed by atoms with Crippen molar-refractivity contribution in [2.75, 3.05) is 11.1 Å². The number of imidazole rings is 1. The lowest BCUT2D eigenvalue weighted by Crippen LogP contribution is -2.09. The number of rotatable bonds is 3. The van der Waals surface area contributed by atoms with Gasteiger partial charge in [-0.1, -0.05) is 12.1 Å². The molecular weight excluding hydrogens is 273 g/mol. The molecule has 0 aliphatic rings. The number of halogens is 1. The highest BCUT2D eigenvalue weighted by molar-refractivity contribution is 5.59. The molecule has 0 unspecified atom stereocenters. The van der Waals surface area contributed by atoms with Crippen molar-refractivity contribution in [3.05, 3.63) is 48.3 Å². The molecule has 0 atom stereocenters. The van der Waals surface area contributed by atoms with Crippen molar-refractivity contribution in [2.45, 2.75) is 6.92 Å². The third-order valence-electron chi connectivity index (χ3n) is 2.83. The van der Waals surface area contributed by atoms with Crippen molar-refractivity contribution in [3.8, 4) is 5.95 Å². The third kappa shape index (κ3) is 2.64. The normalized spacial score (nSPS) is 10.6. The number of nitrogens with two attached hydrogens (primary N) is 1. The average Bonchev–Trinajstić information content (AvgIpc) is 2.97. The molecule has 0 fully saturated rings. The summed E-state index contributed by atoms with van der Waals surface area (Å²) in [7, 11) is 0. The molecule has 3 rings (SSSR count). The van der Waals surface area contributed by atoms with E-state index in [-0.39, 0.29) is 11.9 Å². The molecule has 3 N–H and O–H groups in total. The predicted octanol–water partition coefficient (Wildman–Crippen LogP) is 1.83. The van der Waals surface area contributed by atoms with Crippen LogP contribution in [0.5, 0.6) is 0 Å². The van der Waals surface area contributed by atoms with Gasteiger partial charge in [0, 0.05) is 12.4 Å². The molecule has 1 aromatic carbocycles. The molecule has 0 aliphatic heterocycles. The Morgan fingerprint density at radius 2 is 2.10 bits per heavy atom. The van der Waals surface area contributed by atoms with E-state index >= 15 is 0 Å². The molecule has 21 heavy (non-hydrogen) atoms. The number of nitrogens with one attached hydrogen (secondary N) is 1. The molecule has 2 aromatic heterocycles. The maximum atomic E-state index is 13.8. The van der Waals surface area contributed by atoms with E-state index in [1.54, 1.807) is 36.0 Å². The van der Waals surface area contributed by atoms with Gasteiger partial charge in [0.05, 0.1) is 5.69 Å². The first-order chi connectivity index (χ1) is 10.1. The number of nitrogens with zero attached hydrogens (tertiary/aromatic N) is 5. The second-order valence-electron chi connectivity index (χ2n) is 4.34. The fraction of sp³-hybridized carbons (Fsp3) is 0.0769. The molecule has 0 radical (unpaired) electrons. The predicted molar refractivity (Wildman–Crippen MR) is 75.8 cm³/mol. The van der Waals surface area contributed by atoms with E-state index < -0.39 is 5.82 Å². The van der Waals surface area contributed by atoms with Crippen LogP contribution in [0.1, 0.15) is 5.56 Å². The Balaban J connectivity index is 2.00. The Morgan fingerprint density at radius 1 is 1.24 bits per heavy atom. The van der Waals surface area contributed by atoms with Crippen molar-refractivity contribution >= 4 is 17.6 Å². The van der Waals surface area contributed by atoms with Crippen LogP contribution in [0, 0.1) is 12.7 Å². The second-order valence-corrected chi connectivity index (χ2v) is 4.34. The number of nitrogen functional groups attached to an aromatic ring is 1. The molecule has 0 saturated carbocycles. The van der Waals surface area contributed by atoms with E-state index in [0.29, 0.717) is 11.6 Å². The zero-order valence-electron chi connectivity index (χ0n) is 11.2. The number of aryl methyl sites for hydroxylation is 1. The van der Waals surface area contributed by atoms with Gasteiger partial charge < -0.3 is 11.1 Å². The maximum absolute atomic E-state index is 13.8. The van der Waals surface area contributed by atoms with Crippen molar-refractivity contribution < 1.29 is 4.39 Å². The van der Waals surface area contributed by atoms with Crippen LogP contribution < -0.4 is 11.1 Å². The van der Waals surface area contributed by atoms with Gasteiger partial charge in [-0.2, -0.15) is 15.0 Å². The number of hydrogen-bond donors (Lipinski definition) is 2. The highest BCUT2D eigenvalue weighted by Crippen LogP contribution is 2.22. The van der Waals surface area contributed by atoms with Gasteiger partial charge in [-0.05, 0) is 18.6 Å². The minimum absolute atomic E-state index is 0.0326. The lowest BCUT2D eigenvalue weighted by atomic mass is 10.2. The van der Waals surface area contributed by atoms with Gasteiger partial charge in [0.25, 0.3) is 0 Å². The van der Waals surface area contributed by atoms with Crippen LogP contribution in [0.25, 0.3) is 5.95 Å². The summed E-state index contributed by atoms with van der Waals surface area (Å²) in [6, 6.07) is 4.78. The Kier molecular flexibility index (Phi) is 3.19. The van der Waals surface area contributed by atoms with Crippen LogP contribution in [0.2, 0.25) is 0 Å². The fourth-order valence-corrected chi connectivity index (χ4v) is 1.83. The Hall–Kier alpha value is -3.03. The fourth-order valence-electron chi connectivity index (χ4n) is 1.83. The molecule has 0 aliphatic carbocycles. The lowest BCUT2D eigenvalue weighted by molar-refractivity contribution is 0.630. The summed E-state index contributed by atoms with van der Waals surface area (Å²) in [4.78, 5) is 16.1. The minimum Gasteiger partial charge on any atom is -0.368 e. The van der Waals surface area contributed by atoms with E-state index in [1.807, 2.05) is 0 Å². The molecule has 0 saturated heterocycles. The summed E-state index contributed by atoms with van der Waals surface area (Å²) in [6.45, 7) is 1.78. The first kappa shape index (κ1) is 13.0. The summed E-state index contributed by atoms with van der Waals surface area (Å²) in [5, 5.41) is 2.83. The Morgan fingerprint density at radius 3 is 2.81 bits per heavy atom. The molecular formula is C13H12FN7. The molecule has 3 aromatic rings. The van der Waals surface area contributed by atoms with Crippen molar-refractivity contribution in [2.24, 2.45) is 0 Å².